The minimum absolute atomic E-state index is 0.0818. The molecule has 12 nitrogen and oxygen atoms in total. The zero-order chi connectivity index (χ0) is 32.5. The lowest BCUT2D eigenvalue weighted by Gasteiger charge is -2.44. The highest BCUT2D eigenvalue weighted by Gasteiger charge is 2.44. The maximum atomic E-state index is 13.8. The van der Waals surface area contributed by atoms with Crippen molar-refractivity contribution < 1.29 is 19.1 Å². The smallest absolute Gasteiger partial charge is 0.323 e. The Kier molecular flexibility index (Phi) is 8.99. The third kappa shape index (κ3) is 7.02. The van der Waals surface area contributed by atoms with Gasteiger partial charge >= 0.3 is 6.03 Å². The van der Waals surface area contributed by atoms with Crippen LogP contribution in [0.1, 0.15) is 56.4 Å². The maximum absolute atomic E-state index is 13.8. The number of nitrogens with zero attached hydrogens (tertiary/aromatic N) is 6. The number of aromatic nitrogens is 3. The standard InChI is InChI=1S/C33H44N8O4/c1-22-8-10-24(18-26(22)23-9-11-25(34-19-23)20-39-14-16-45-17-15-39)35-31(44)36-27-21-41(32(2,3)4)37-28(27)29(42)40-13-12-38(7)30(43)33(40,5)6/h8-11,18-19,21H,12-17,20H2,1-7H3,(H2,35,36,44). The van der Waals surface area contributed by atoms with Gasteiger partial charge in [-0.05, 0) is 70.9 Å². The number of morpholine rings is 1. The zero-order valence-corrected chi connectivity index (χ0v) is 27.3. The van der Waals surface area contributed by atoms with Crippen molar-refractivity contribution in [3.05, 3.63) is 59.7 Å². The van der Waals surface area contributed by atoms with Gasteiger partial charge < -0.3 is 25.2 Å². The summed E-state index contributed by atoms with van der Waals surface area (Å²) in [6, 6.07) is 9.28. The molecule has 4 heterocycles. The van der Waals surface area contributed by atoms with Crippen LogP contribution in [0.2, 0.25) is 0 Å². The largest absolute Gasteiger partial charge is 0.379 e. The molecule has 3 aromatic rings. The van der Waals surface area contributed by atoms with Gasteiger partial charge in [0.15, 0.2) is 5.69 Å². The number of carbonyl (C=O) groups excluding carboxylic acids is 3. The second-order valence-electron chi connectivity index (χ2n) is 13.3. The molecule has 2 N–H and O–H groups in total. The second kappa shape index (κ2) is 12.6. The van der Waals surface area contributed by atoms with Crippen molar-refractivity contribution in [1.29, 1.82) is 0 Å². The number of likely N-dealkylation sites (N-methyl/N-ethyl adjacent to an activating group) is 1. The molecular weight excluding hydrogens is 572 g/mol. The molecule has 12 heteroatoms. The van der Waals surface area contributed by atoms with Crippen LogP contribution in [0, 0.1) is 6.92 Å². The number of aryl methyl sites for hydroxylation is 1. The highest BCUT2D eigenvalue weighted by Crippen LogP contribution is 2.29. The van der Waals surface area contributed by atoms with Gasteiger partial charge in [-0.1, -0.05) is 12.1 Å². The molecule has 0 aliphatic carbocycles. The molecule has 0 radical (unpaired) electrons. The normalized spacial score (nSPS) is 17.4. The maximum Gasteiger partial charge on any atom is 0.323 e. The first-order valence-corrected chi connectivity index (χ1v) is 15.4. The molecule has 2 aliphatic rings. The number of piperazine rings is 1. The fourth-order valence-corrected chi connectivity index (χ4v) is 5.62. The summed E-state index contributed by atoms with van der Waals surface area (Å²) < 4.78 is 7.09. The molecule has 0 bridgehead atoms. The number of carbonyl (C=O) groups is 3. The van der Waals surface area contributed by atoms with Crippen molar-refractivity contribution in [3.63, 3.8) is 0 Å². The summed E-state index contributed by atoms with van der Waals surface area (Å²) in [5, 5.41) is 10.3. The highest BCUT2D eigenvalue weighted by molar-refractivity contribution is 6.07. The molecule has 2 fully saturated rings. The quantitative estimate of drug-likeness (QED) is 0.426. The van der Waals surface area contributed by atoms with E-state index in [1.165, 1.54) is 4.90 Å². The number of pyridine rings is 1. The summed E-state index contributed by atoms with van der Waals surface area (Å²) in [4.78, 5) is 50.2. The predicted octanol–water partition coefficient (Wildman–Crippen LogP) is 4.18. The van der Waals surface area contributed by atoms with E-state index in [1.54, 1.807) is 36.7 Å². The Hall–Kier alpha value is -4.29. The van der Waals surface area contributed by atoms with Crippen molar-refractivity contribution in [2.45, 2.75) is 59.2 Å². The number of amides is 4. The summed E-state index contributed by atoms with van der Waals surface area (Å²) in [7, 11) is 1.73. The molecule has 1 aromatic carbocycles. The van der Waals surface area contributed by atoms with Crippen molar-refractivity contribution in [2.75, 3.05) is 57.1 Å². The van der Waals surface area contributed by atoms with Crippen LogP contribution in [-0.4, -0.2) is 99.3 Å². The molecule has 4 amide bonds. The number of hydrogen-bond acceptors (Lipinski definition) is 7. The number of nitrogens with one attached hydrogen (secondary N) is 2. The Morgan fingerprint density at radius 2 is 1.76 bits per heavy atom. The monoisotopic (exact) mass is 616 g/mol. The third-order valence-electron chi connectivity index (χ3n) is 8.42. The molecule has 0 unspecified atom stereocenters. The van der Waals surface area contributed by atoms with Gasteiger partial charge in [-0.2, -0.15) is 5.10 Å². The summed E-state index contributed by atoms with van der Waals surface area (Å²) in [5.74, 6) is -0.566. The van der Waals surface area contributed by atoms with E-state index in [1.807, 2.05) is 58.2 Å². The van der Waals surface area contributed by atoms with Gasteiger partial charge in [0.25, 0.3) is 5.91 Å². The average Bonchev–Trinajstić information content (AvgIpc) is 3.42. The van der Waals surface area contributed by atoms with E-state index in [0.29, 0.717) is 18.8 Å². The number of benzene rings is 1. The molecule has 2 aliphatic heterocycles. The first-order chi connectivity index (χ1) is 21.2. The van der Waals surface area contributed by atoms with Gasteiger partial charge in [0.05, 0.1) is 36.3 Å². The molecule has 0 spiro atoms. The highest BCUT2D eigenvalue weighted by atomic mass is 16.5. The lowest BCUT2D eigenvalue weighted by atomic mass is 9.97. The zero-order valence-electron chi connectivity index (χ0n) is 27.3. The van der Waals surface area contributed by atoms with Crippen molar-refractivity contribution in [1.82, 2.24) is 29.5 Å². The van der Waals surface area contributed by atoms with Crippen LogP contribution >= 0.6 is 0 Å². The van der Waals surface area contributed by atoms with Crippen LogP contribution in [0.25, 0.3) is 11.1 Å². The van der Waals surface area contributed by atoms with Gasteiger partial charge in [-0.3, -0.25) is 24.2 Å². The van der Waals surface area contributed by atoms with E-state index < -0.39 is 23.0 Å². The van der Waals surface area contributed by atoms with Gasteiger partial charge in [-0.25, -0.2) is 4.79 Å². The minimum Gasteiger partial charge on any atom is -0.379 e. The van der Waals surface area contributed by atoms with E-state index in [9.17, 15) is 14.4 Å². The summed E-state index contributed by atoms with van der Waals surface area (Å²) in [6.45, 7) is 16.2. The lowest BCUT2D eigenvalue weighted by Crippen LogP contribution is -2.63. The Morgan fingerprint density at radius 1 is 1.02 bits per heavy atom. The molecule has 2 aromatic heterocycles. The van der Waals surface area contributed by atoms with Crippen molar-refractivity contribution >= 4 is 29.2 Å². The molecule has 5 rings (SSSR count). The van der Waals surface area contributed by atoms with Gasteiger partial charge in [0.1, 0.15) is 5.54 Å². The van der Waals surface area contributed by atoms with Crippen LogP contribution in [0.4, 0.5) is 16.2 Å². The van der Waals surface area contributed by atoms with Crippen LogP contribution in [-0.2, 0) is 21.6 Å². The number of urea groups is 1. The Labute approximate surface area is 264 Å². The summed E-state index contributed by atoms with van der Waals surface area (Å²) in [5.41, 5.74) is 3.39. The van der Waals surface area contributed by atoms with E-state index in [2.05, 4.69) is 26.7 Å². The number of hydrogen-bond donors (Lipinski definition) is 2. The molecule has 240 valence electrons. The van der Waals surface area contributed by atoms with Gasteiger partial charge in [0.2, 0.25) is 5.91 Å². The van der Waals surface area contributed by atoms with Gasteiger partial charge in [-0.15, -0.1) is 0 Å². The lowest BCUT2D eigenvalue weighted by molar-refractivity contribution is -0.144. The average molecular weight is 617 g/mol. The van der Waals surface area contributed by atoms with Crippen molar-refractivity contribution in [2.24, 2.45) is 0 Å². The van der Waals surface area contributed by atoms with E-state index in [-0.39, 0.29) is 17.3 Å². The van der Waals surface area contributed by atoms with Crippen LogP contribution in [0.5, 0.6) is 0 Å². The van der Waals surface area contributed by atoms with E-state index in [4.69, 9.17) is 9.72 Å². The Morgan fingerprint density at radius 3 is 2.42 bits per heavy atom. The first-order valence-electron chi connectivity index (χ1n) is 15.4. The summed E-state index contributed by atoms with van der Waals surface area (Å²) in [6.07, 6.45) is 3.52. The van der Waals surface area contributed by atoms with Crippen molar-refractivity contribution in [3.8, 4) is 11.1 Å². The Bertz CT molecular complexity index is 1570. The SMILES string of the molecule is Cc1ccc(NC(=O)Nc2cn(C(C)(C)C)nc2C(=O)N2CCN(C)C(=O)C2(C)C)cc1-c1ccc(CN2CCOCC2)nc1. The predicted molar refractivity (Wildman–Crippen MR) is 173 cm³/mol. The molecular formula is C33H44N8O4. The minimum atomic E-state index is -1.05. The molecule has 45 heavy (non-hydrogen) atoms. The van der Waals surface area contributed by atoms with Crippen LogP contribution in [0.15, 0.2) is 42.7 Å². The first kappa shape index (κ1) is 32.1. The molecule has 0 saturated carbocycles. The van der Waals surface area contributed by atoms with Crippen LogP contribution in [0.3, 0.4) is 0 Å². The number of rotatable bonds is 6. The number of anilines is 2. The van der Waals surface area contributed by atoms with E-state index in [0.717, 1.165) is 55.2 Å². The summed E-state index contributed by atoms with van der Waals surface area (Å²) >= 11 is 0. The third-order valence-corrected chi connectivity index (χ3v) is 8.42. The fourth-order valence-electron chi connectivity index (χ4n) is 5.62. The van der Waals surface area contributed by atoms with E-state index >= 15 is 0 Å². The van der Waals surface area contributed by atoms with Crippen LogP contribution < -0.4 is 10.6 Å². The topological polar surface area (TPSA) is 125 Å². The number of ether oxygens (including phenoxy) is 1. The Balaban J connectivity index is 1.33. The fraction of sp³-hybridized carbons (Fsp3) is 0.485. The van der Waals surface area contributed by atoms with Gasteiger partial charge in [0, 0.05) is 57.2 Å². The molecule has 2 saturated heterocycles. The second-order valence-corrected chi connectivity index (χ2v) is 13.3. The molecule has 0 atom stereocenters.